The van der Waals surface area contributed by atoms with Gasteiger partial charge in [0, 0.05) is 30.2 Å². The number of alkyl halides is 3. The largest absolute Gasteiger partial charge is 0.482 e. The van der Waals surface area contributed by atoms with Crippen LogP contribution in [0.25, 0.3) is 0 Å². The summed E-state index contributed by atoms with van der Waals surface area (Å²) >= 11 is 5.71. The minimum atomic E-state index is -4.91. The van der Waals surface area contributed by atoms with E-state index < -0.39 is 38.9 Å². The molecule has 0 aliphatic rings. The third-order valence-electron chi connectivity index (χ3n) is 4.58. The molecule has 0 atom stereocenters. The topological polar surface area (TPSA) is 136 Å². The second-order valence-corrected chi connectivity index (χ2v) is 7.89. The molecular weight excluding hydrogens is 511 g/mol. The van der Waals surface area contributed by atoms with Crippen LogP contribution in [0.3, 0.4) is 0 Å². The maximum atomic E-state index is 12.8. The normalized spacial score (nSPS) is 10.8. The third kappa shape index (κ3) is 8.87. The Morgan fingerprint density at radius 1 is 1.06 bits per heavy atom. The summed E-state index contributed by atoms with van der Waals surface area (Å²) in [6, 6.07) is 5.73. The Bertz CT molecular complexity index is 1060. The van der Waals surface area contributed by atoms with Crippen LogP contribution in [0.1, 0.15) is 37.8 Å². The maximum Gasteiger partial charge on any atom is 0.416 e. The molecule has 0 heterocycles. The van der Waals surface area contributed by atoms with Gasteiger partial charge in [0.25, 0.3) is 11.4 Å². The highest BCUT2D eigenvalue weighted by atomic mass is 35.5. The van der Waals surface area contributed by atoms with E-state index in [0.717, 1.165) is 5.56 Å². The van der Waals surface area contributed by atoms with E-state index in [1.807, 2.05) is 6.92 Å². The fourth-order valence-corrected chi connectivity index (χ4v) is 3.39. The van der Waals surface area contributed by atoms with E-state index in [1.54, 1.807) is 32.0 Å². The zero-order valence-electron chi connectivity index (χ0n) is 19.7. The first-order valence-electron chi connectivity index (χ1n) is 10.6. The minimum Gasteiger partial charge on any atom is -0.482 e. The molecule has 0 aliphatic heterocycles. The number of rotatable bonds is 10. The standard InChI is InChI=1S/C13H16F3N3O4.C9H9ClO3/c1-3-5-17(6-4-2)12-10(18(20)21)7-9(13(14,15)16)8-11(12)19(22)23;1-6-4-7(10)2-3-8(6)13-5-9(11)12/h7-8H,3-6H2,1-2H3;2-4H,5H2,1H3,(H,11,12). The van der Waals surface area contributed by atoms with Crippen molar-refractivity contribution < 1.29 is 37.7 Å². The molecule has 0 fully saturated rings. The molecule has 0 saturated carbocycles. The summed E-state index contributed by atoms with van der Waals surface area (Å²) in [7, 11) is 0. The maximum absolute atomic E-state index is 12.8. The van der Waals surface area contributed by atoms with Crippen molar-refractivity contribution in [3.8, 4) is 5.75 Å². The predicted molar refractivity (Wildman–Crippen MR) is 127 cm³/mol. The fourth-order valence-electron chi connectivity index (χ4n) is 3.16. The van der Waals surface area contributed by atoms with Gasteiger partial charge in [-0.15, -0.1) is 0 Å². The number of nitro benzene ring substituents is 2. The number of halogens is 4. The molecule has 2 aromatic carbocycles. The van der Waals surface area contributed by atoms with Crippen LogP contribution < -0.4 is 9.64 Å². The summed E-state index contributed by atoms with van der Waals surface area (Å²) < 4.78 is 43.5. The van der Waals surface area contributed by atoms with E-state index in [9.17, 15) is 38.2 Å². The lowest BCUT2D eigenvalue weighted by atomic mass is 10.1. The van der Waals surface area contributed by atoms with Gasteiger partial charge in [-0.3, -0.25) is 20.2 Å². The van der Waals surface area contributed by atoms with Gasteiger partial charge in [0.05, 0.1) is 15.4 Å². The number of carboxylic acids is 1. The van der Waals surface area contributed by atoms with E-state index in [-0.39, 0.29) is 25.4 Å². The number of hydrogen-bond donors (Lipinski definition) is 1. The van der Waals surface area contributed by atoms with Gasteiger partial charge in [-0.2, -0.15) is 13.2 Å². The van der Waals surface area contributed by atoms with Crippen LogP contribution in [0.5, 0.6) is 5.75 Å². The highest BCUT2D eigenvalue weighted by Gasteiger charge is 2.39. The first kappa shape index (κ1) is 30.4. The van der Waals surface area contributed by atoms with Crippen molar-refractivity contribution >= 4 is 34.6 Å². The Labute approximate surface area is 209 Å². The Kier molecular flexibility index (Phi) is 11.4. The second-order valence-electron chi connectivity index (χ2n) is 7.45. The van der Waals surface area contributed by atoms with E-state index >= 15 is 0 Å². The van der Waals surface area contributed by atoms with Crippen molar-refractivity contribution in [3.05, 3.63) is 66.7 Å². The Hall–Kier alpha value is -3.61. The summed E-state index contributed by atoms with van der Waals surface area (Å²) in [4.78, 5) is 31.9. The summed E-state index contributed by atoms with van der Waals surface area (Å²) in [5.41, 5.74) is -2.78. The molecule has 0 aliphatic carbocycles. The summed E-state index contributed by atoms with van der Waals surface area (Å²) in [5, 5.41) is 31.3. The number of carbonyl (C=O) groups is 1. The van der Waals surface area contributed by atoms with Gasteiger partial charge in [0.2, 0.25) is 0 Å². The molecule has 198 valence electrons. The monoisotopic (exact) mass is 535 g/mol. The number of anilines is 1. The molecule has 0 saturated heterocycles. The smallest absolute Gasteiger partial charge is 0.416 e. The number of aliphatic carboxylic acids is 1. The molecule has 0 bridgehead atoms. The first-order valence-corrected chi connectivity index (χ1v) is 11.0. The molecule has 0 amide bonds. The van der Waals surface area contributed by atoms with Crippen molar-refractivity contribution in [2.75, 3.05) is 24.6 Å². The van der Waals surface area contributed by atoms with E-state index in [0.29, 0.717) is 35.7 Å². The molecule has 36 heavy (non-hydrogen) atoms. The molecular formula is C22H25ClF3N3O7. The van der Waals surface area contributed by atoms with Gasteiger partial charge in [-0.05, 0) is 43.5 Å². The fraction of sp³-hybridized carbons (Fsp3) is 0.409. The van der Waals surface area contributed by atoms with Gasteiger partial charge < -0.3 is 14.7 Å². The average molecular weight is 536 g/mol. The van der Waals surface area contributed by atoms with Crippen LogP contribution >= 0.6 is 11.6 Å². The van der Waals surface area contributed by atoms with Crippen LogP contribution in [0.4, 0.5) is 30.2 Å². The second kappa shape index (κ2) is 13.5. The van der Waals surface area contributed by atoms with E-state index in [2.05, 4.69) is 0 Å². The molecule has 2 rings (SSSR count). The lowest BCUT2D eigenvalue weighted by Gasteiger charge is -2.23. The van der Waals surface area contributed by atoms with Crippen LogP contribution in [0.2, 0.25) is 5.02 Å². The van der Waals surface area contributed by atoms with Crippen molar-refractivity contribution in [2.45, 2.75) is 39.8 Å². The molecule has 10 nitrogen and oxygen atoms in total. The van der Waals surface area contributed by atoms with Gasteiger partial charge >= 0.3 is 12.1 Å². The quantitative estimate of drug-likeness (QED) is 0.278. The van der Waals surface area contributed by atoms with Gasteiger partial charge in [-0.25, -0.2) is 4.79 Å². The average Bonchev–Trinajstić information content (AvgIpc) is 2.77. The Morgan fingerprint density at radius 2 is 1.56 bits per heavy atom. The first-order chi connectivity index (χ1) is 16.7. The van der Waals surface area contributed by atoms with Gasteiger partial charge in [-0.1, -0.05) is 25.4 Å². The summed E-state index contributed by atoms with van der Waals surface area (Å²) in [6.07, 6.45) is -3.83. The summed E-state index contributed by atoms with van der Waals surface area (Å²) in [6.45, 7) is 5.54. The van der Waals surface area contributed by atoms with Crippen LogP contribution in [0.15, 0.2) is 30.3 Å². The molecule has 0 unspecified atom stereocenters. The molecule has 0 radical (unpaired) electrons. The Morgan fingerprint density at radius 3 is 1.92 bits per heavy atom. The number of carboxylic acid groups (broad SMARTS) is 1. The molecule has 0 aromatic heterocycles. The van der Waals surface area contributed by atoms with Crippen molar-refractivity contribution in [3.63, 3.8) is 0 Å². The molecule has 1 N–H and O–H groups in total. The predicted octanol–water partition coefficient (Wildman–Crippen LogP) is 6.26. The van der Waals surface area contributed by atoms with Gasteiger partial charge in [0.1, 0.15) is 5.75 Å². The number of nitro groups is 2. The zero-order valence-corrected chi connectivity index (χ0v) is 20.4. The SMILES string of the molecule is CCCN(CCC)c1c([N+](=O)[O-])cc(C(F)(F)F)cc1[N+](=O)[O-].Cc1cc(Cl)ccc1OCC(=O)O. The molecule has 2 aromatic rings. The number of nitrogens with zero attached hydrogens (tertiary/aromatic N) is 3. The lowest BCUT2D eigenvalue weighted by Crippen LogP contribution is -2.27. The number of benzene rings is 2. The number of hydrogen-bond acceptors (Lipinski definition) is 7. The van der Waals surface area contributed by atoms with Crippen molar-refractivity contribution in [1.82, 2.24) is 0 Å². The van der Waals surface area contributed by atoms with E-state index in [4.69, 9.17) is 21.4 Å². The van der Waals surface area contributed by atoms with Crippen molar-refractivity contribution in [2.24, 2.45) is 0 Å². The minimum absolute atomic E-state index is 0.265. The highest BCUT2D eigenvalue weighted by molar-refractivity contribution is 6.30. The highest BCUT2D eigenvalue weighted by Crippen LogP contribution is 2.43. The van der Waals surface area contributed by atoms with Crippen LogP contribution in [0, 0.1) is 27.2 Å². The number of aryl methyl sites for hydroxylation is 1. The van der Waals surface area contributed by atoms with E-state index in [1.165, 1.54) is 4.90 Å². The lowest BCUT2D eigenvalue weighted by molar-refractivity contribution is -0.393. The molecule has 0 spiro atoms. The third-order valence-corrected chi connectivity index (χ3v) is 4.82. The summed E-state index contributed by atoms with van der Waals surface area (Å²) in [5.74, 6) is -0.443. The number of ether oxygens (including phenoxy) is 1. The van der Waals surface area contributed by atoms with Gasteiger partial charge in [0.15, 0.2) is 12.3 Å². The zero-order chi connectivity index (χ0) is 27.6. The van der Waals surface area contributed by atoms with Crippen molar-refractivity contribution in [1.29, 1.82) is 0 Å². The van der Waals surface area contributed by atoms with Crippen LogP contribution in [-0.4, -0.2) is 40.6 Å². The Balaban J connectivity index is 0.000000420. The molecule has 14 heteroatoms. The van der Waals surface area contributed by atoms with Crippen LogP contribution in [-0.2, 0) is 11.0 Å².